The number of fused-ring (bicyclic) bond motifs is 1. The molecule has 2 aromatic carbocycles. The van der Waals surface area contributed by atoms with Gasteiger partial charge in [0.2, 0.25) is 11.2 Å². The van der Waals surface area contributed by atoms with Crippen molar-refractivity contribution in [3.05, 3.63) is 71.1 Å². The molecule has 1 saturated heterocycles. The fourth-order valence-corrected chi connectivity index (χ4v) is 6.49. The molecular formula is C34H41ClN6O4. The van der Waals surface area contributed by atoms with Crippen LogP contribution in [0.4, 0.5) is 16.3 Å². The van der Waals surface area contributed by atoms with Crippen LogP contribution in [0, 0.1) is 5.92 Å². The van der Waals surface area contributed by atoms with Crippen molar-refractivity contribution in [1.29, 1.82) is 0 Å². The van der Waals surface area contributed by atoms with Gasteiger partial charge >= 0.3 is 6.09 Å². The molecule has 238 valence electrons. The van der Waals surface area contributed by atoms with Crippen LogP contribution in [0.3, 0.4) is 0 Å². The Kier molecular flexibility index (Phi) is 9.62. The standard InChI is InChI=1S/C34H41ClN6O4/c1-20(26-19-29(40-32(35)39-26)41-27-9-7-6-8-24(27)18-28(41)31(43)36-5)37-30(42)23-12-10-21(11-13-23)22-14-16-25(17-15-22)38-33(44)45-34(2,3)4/h10-17,19-20,24,27-28H,6-9,18H2,1-5H3,(H,36,43)(H,37,42)(H,38,44)/t20?,24-,27-,28-/m0/s1. The van der Waals surface area contributed by atoms with Crippen LogP contribution in [0.2, 0.25) is 5.28 Å². The molecule has 0 spiro atoms. The van der Waals surface area contributed by atoms with Crippen LogP contribution in [0.5, 0.6) is 0 Å². The third kappa shape index (κ3) is 7.73. The number of carbonyl (C=O) groups excluding carboxylic acids is 3. The molecule has 1 aromatic heterocycles. The Hall–Kier alpha value is -4.18. The maximum atomic E-state index is 13.2. The average Bonchev–Trinajstić information content (AvgIpc) is 3.39. The summed E-state index contributed by atoms with van der Waals surface area (Å²) in [6, 6.07) is 16.0. The third-order valence-electron chi connectivity index (χ3n) is 8.41. The van der Waals surface area contributed by atoms with Crippen LogP contribution in [0.1, 0.15) is 81.9 Å². The lowest BCUT2D eigenvalue weighted by Gasteiger charge is -2.34. The molecule has 3 aromatic rings. The molecule has 2 heterocycles. The molecule has 11 heteroatoms. The number of likely N-dealkylation sites (N-methyl/N-ethyl adjacent to an activating group) is 1. The second kappa shape index (κ2) is 13.4. The number of amides is 3. The van der Waals surface area contributed by atoms with E-state index in [9.17, 15) is 14.4 Å². The molecule has 1 aliphatic carbocycles. The Morgan fingerprint density at radius 3 is 2.27 bits per heavy atom. The minimum Gasteiger partial charge on any atom is -0.444 e. The summed E-state index contributed by atoms with van der Waals surface area (Å²) >= 11 is 6.41. The van der Waals surface area contributed by atoms with Gasteiger partial charge < -0.3 is 20.3 Å². The number of nitrogens with one attached hydrogen (secondary N) is 3. The van der Waals surface area contributed by atoms with Crippen LogP contribution in [-0.4, -0.2) is 52.6 Å². The Bertz CT molecular complexity index is 1540. The number of ether oxygens (including phenoxy) is 1. The lowest BCUT2D eigenvalue weighted by Crippen LogP contribution is -2.46. The Morgan fingerprint density at radius 1 is 0.978 bits per heavy atom. The van der Waals surface area contributed by atoms with Crippen molar-refractivity contribution >= 4 is 41.0 Å². The van der Waals surface area contributed by atoms with E-state index in [-0.39, 0.29) is 29.2 Å². The quantitative estimate of drug-likeness (QED) is 0.253. The van der Waals surface area contributed by atoms with E-state index in [2.05, 4.69) is 30.8 Å². The van der Waals surface area contributed by atoms with Crippen LogP contribution >= 0.6 is 11.6 Å². The van der Waals surface area contributed by atoms with Gasteiger partial charge in [-0.2, -0.15) is 0 Å². The molecule has 45 heavy (non-hydrogen) atoms. The number of rotatable bonds is 7. The number of hydrogen-bond acceptors (Lipinski definition) is 7. The first-order chi connectivity index (χ1) is 21.4. The number of anilines is 2. The predicted octanol–water partition coefficient (Wildman–Crippen LogP) is 6.52. The molecule has 10 nitrogen and oxygen atoms in total. The van der Waals surface area contributed by atoms with Gasteiger partial charge in [0, 0.05) is 30.4 Å². The molecular weight excluding hydrogens is 592 g/mol. The Balaban J connectivity index is 1.26. The summed E-state index contributed by atoms with van der Waals surface area (Å²) < 4.78 is 5.30. The second-order valence-electron chi connectivity index (χ2n) is 12.8. The molecule has 1 aliphatic heterocycles. The van der Waals surface area contributed by atoms with E-state index in [1.165, 1.54) is 6.42 Å². The van der Waals surface area contributed by atoms with Crippen LogP contribution in [0.25, 0.3) is 11.1 Å². The van der Waals surface area contributed by atoms with E-state index in [4.69, 9.17) is 16.3 Å². The summed E-state index contributed by atoms with van der Waals surface area (Å²) in [5, 5.41) is 8.64. The van der Waals surface area contributed by atoms with Gasteiger partial charge in [0.15, 0.2) is 0 Å². The maximum Gasteiger partial charge on any atom is 0.412 e. The zero-order chi connectivity index (χ0) is 32.3. The Morgan fingerprint density at radius 2 is 1.62 bits per heavy atom. The van der Waals surface area contributed by atoms with E-state index < -0.39 is 17.7 Å². The van der Waals surface area contributed by atoms with Crippen LogP contribution < -0.4 is 20.9 Å². The first-order valence-corrected chi connectivity index (χ1v) is 15.9. The minimum atomic E-state index is -0.579. The molecule has 5 rings (SSSR count). The molecule has 4 atom stereocenters. The molecule has 2 aliphatic rings. The van der Waals surface area contributed by atoms with Gasteiger partial charge in [0.1, 0.15) is 17.5 Å². The number of nitrogens with zero attached hydrogens (tertiary/aromatic N) is 3. The first kappa shape index (κ1) is 32.2. The molecule has 0 radical (unpaired) electrons. The SMILES string of the molecule is CNC(=O)[C@@H]1C[C@@H]2CCCC[C@@H]2N1c1cc(C(C)NC(=O)c2ccc(-c3ccc(NC(=O)OC(C)(C)C)cc3)cc2)nc(Cl)n1. The first-order valence-electron chi connectivity index (χ1n) is 15.5. The summed E-state index contributed by atoms with van der Waals surface area (Å²) in [4.78, 5) is 49.2. The zero-order valence-electron chi connectivity index (χ0n) is 26.4. The number of hydrogen-bond donors (Lipinski definition) is 3. The summed E-state index contributed by atoms with van der Waals surface area (Å²) in [6.07, 6.45) is 4.67. The highest BCUT2D eigenvalue weighted by Gasteiger charge is 2.45. The van der Waals surface area contributed by atoms with Gasteiger partial charge in [-0.15, -0.1) is 0 Å². The van der Waals surface area contributed by atoms with Crippen LogP contribution in [0.15, 0.2) is 54.6 Å². The van der Waals surface area contributed by atoms with Crippen molar-refractivity contribution < 1.29 is 19.1 Å². The van der Waals surface area contributed by atoms with Crippen molar-refractivity contribution in [2.24, 2.45) is 5.92 Å². The number of carbonyl (C=O) groups is 3. The second-order valence-corrected chi connectivity index (χ2v) is 13.1. The van der Waals surface area contributed by atoms with Gasteiger partial charge in [0.05, 0.1) is 11.7 Å². The topological polar surface area (TPSA) is 126 Å². The van der Waals surface area contributed by atoms with Crippen molar-refractivity contribution in [3.63, 3.8) is 0 Å². The molecule has 3 N–H and O–H groups in total. The molecule has 3 amide bonds. The Labute approximate surface area is 269 Å². The normalized spacial score (nSPS) is 20.1. The molecule has 0 bridgehead atoms. The van der Waals surface area contributed by atoms with Gasteiger partial charge in [0.25, 0.3) is 5.91 Å². The van der Waals surface area contributed by atoms with Crippen LogP contribution in [-0.2, 0) is 9.53 Å². The molecule has 1 saturated carbocycles. The largest absolute Gasteiger partial charge is 0.444 e. The lowest BCUT2D eigenvalue weighted by molar-refractivity contribution is -0.121. The lowest BCUT2D eigenvalue weighted by atomic mass is 9.84. The van der Waals surface area contributed by atoms with E-state index in [0.29, 0.717) is 28.7 Å². The predicted molar refractivity (Wildman–Crippen MR) is 175 cm³/mol. The summed E-state index contributed by atoms with van der Waals surface area (Å²) in [5.41, 5.74) is 2.98. The number of aromatic nitrogens is 2. The molecule has 1 unspecified atom stereocenters. The minimum absolute atomic E-state index is 0.0288. The highest BCUT2D eigenvalue weighted by molar-refractivity contribution is 6.28. The van der Waals surface area contributed by atoms with E-state index >= 15 is 0 Å². The summed E-state index contributed by atoms with van der Waals surface area (Å²) in [5.74, 6) is 0.772. The highest BCUT2D eigenvalue weighted by Crippen LogP contribution is 2.42. The summed E-state index contributed by atoms with van der Waals surface area (Å²) in [6.45, 7) is 7.29. The van der Waals surface area contributed by atoms with Crippen molar-refractivity contribution in [1.82, 2.24) is 20.6 Å². The number of halogens is 1. The smallest absolute Gasteiger partial charge is 0.412 e. The average molecular weight is 633 g/mol. The zero-order valence-corrected chi connectivity index (χ0v) is 27.1. The fourth-order valence-electron chi connectivity index (χ4n) is 6.30. The fraction of sp³-hybridized carbons (Fsp3) is 0.441. The monoisotopic (exact) mass is 632 g/mol. The van der Waals surface area contributed by atoms with Crippen molar-refractivity contribution in [2.75, 3.05) is 17.3 Å². The van der Waals surface area contributed by atoms with E-state index in [0.717, 1.165) is 36.8 Å². The van der Waals surface area contributed by atoms with Gasteiger partial charge in [-0.25, -0.2) is 14.8 Å². The van der Waals surface area contributed by atoms with Crippen molar-refractivity contribution in [2.45, 2.75) is 83.5 Å². The van der Waals surface area contributed by atoms with Gasteiger partial charge in [-0.1, -0.05) is 37.1 Å². The van der Waals surface area contributed by atoms with Gasteiger partial charge in [-0.05, 0) is 99.9 Å². The number of benzene rings is 2. The van der Waals surface area contributed by atoms with E-state index in [1.807, 2.05) is 58.0 Å². The van der Waals surface area contributed by atoms with Gasteiger partial charge in [-0.3, -0.25) is 14.9 Å². The molecule has 2 fully saturated rings. The van der Waals surface area contributed by atoms with Crippen molar-refractivity contribution in [3.8, 4) is 11.1 Å². The summed E-state index contributed by atoms with van der Waals surface area (Å²) in [7, 11) is 1.66. The van der Waals surface area contributed by atoms with E-state index in [1.54, 1.807) is 31.3 Å². The third-order valence-corrected chi connectivity index (χ3v) is 8.58. The highest BCUT2D eigenvalue weighted by atomic mass is 35.5. The maximum absolute atomic E-state index is 13.2.